The molecule has 6 heteroatoms. The van der Waals surface area contributed by atoms with Crippen LogP contribution in [0, 0.1) is 0 Å². The lowest BCUT2D eigenvalue weighted by Gasteiger charge is -2.15. The van der Waals surface area contributed by atoms with Gasteiger partial charge in [-0.05, 0) is 25.3 Å². The van der Waals surface area contributed by atoms with Gasteiger partial charge in [0.1, 0.15) is 0 Å². The van der Waals surface area contributed by atoms with E-state index in [9.17, 15) is 0 Å². The molecule has 0 fully saturated rings. The molecule has 1 atom stereocenters. The monoisotopic (exact) mass is 379 g/mol. The van der Waals surface area contributed by atoms with E-state index < -0.39 is 0 Å². The molecule has 1 aromatic rings. The summed E-state index contributed by atoms with van der Waals surface area (Å²) in [5, 5.41) is 6.53. The Morgan fingerprint density at radius 2 is 1.63 bits per heavy atom. The lowest BCUT2D eigenvalue weighted by Crippen LogP contribution is -2.39. The Kier molecular flexibility index (Phi) is 14.3. The van der Waals surface area contributed by atoms with E-state index in [1.807, 2.05) is 18.2 Å². The minimum absolute atomic E-state index is 0.117. The average Bonchev–Trinajstić information content (AvgIpc) is 2.71. The van der Waals surface area contributed by atoms with Gasteiger partial charge in [-0.25, -0.2) is 0 Å². The summed E-state index contributed by atoms with van der Waals surface area (Å²) in [5.74, 6) is 0.786. The van der Waals surface area contributed by atoms with E-state index in [0.29, 0.717) is 26.4 Å². The zero-order valence-corrected chi connectivity index (χ0v) is 17.2. The van der Waals surface area contributed by atoms with Gasteiger partial charge in [0.15, 0.2) is 5.96 Å². The molecule has 0 amide bonds. The third kappa shape index (κ3) is 12.4. The molecule has 0 bridgehead atoms. The van der Waals surface area contributed by atoms with E-state index >= 15 is 0 Å². The first-order valence-electron chi connectivity index (χ1n) is 10.0. The largest absolute Gasteiger partial charge is 0.379 e. The number of nitrogens with one attached hydrogen (secondary N) is 2. The Bertz CT molecular complexity index is 483. The van der Waals surface area contributed by atoms with Gasteiger partial charge in [-0.1, -0.05) is 43.7 Å². The van der Waals surface area contributed by atoms with E-state index in [4.69, 9.17) is 14.2 Å². The highest BCUT2D eigenvalue weighted by molar-refractivity contribution is 5.79. The first-order chi connectivity index (χ1) is 13.3. The Balaban J connectivity index is 1.97. The van der Waals surface area contributed by atoms with Crippen LogP contribution in [0.15, 0.2) is 35.3 Å². The molecule has 1 aromatic carbocycles. The van der Waals surface area contributed by atoms with Crippen LogP contribution >= 0.6 is 0 Å². The van der Waals surface area contributed by atoms with Crippen LogP contribution in [0.4, 0.5) is 0 Å². The highest BCUT2D eigenvalue weighted by atomic mass is 16.5. The van der Waals surface area contributed by atoms with Crippen LogP contribution < -0.4 is 10.6 Å². The van der Waals surface area contributed by atoms with Crippen molar-refractivity contribution in [1.29, 1.82) is 0 Å². The number of unbranched alkanes of at least 4 members (excludes halogenated alkanes) is 1. The molecular weight excluding hydrogens is 342 g/mol. The summed E-state index contributed by atoms with van der Waals surface area (Å²) in [5.41, 5.74) is 1.21. The first-order valence-corrected chi connectivity index (χ1v) is 10.0. The van der Waals surface area contributed by atoms with Crippen LogP contribution in [0.5, 0.6) is 0 Å². The molecular formula is C21H37N3O3. The molecule has 2 N–H and O–H groups in total. The topological polar surface area (TPSA) is 64.1 Å². The summed E-state index contributed by atoms with van der Waals surface area (Å²) in [4.78, 5) is 4.21. The van der Waals surface area contributed by atoms with Crippen LogP contribution in [0.1, 0.15) is 44.8 Å². The summed E-state index contributed by atoms with van der Waals surface area (Å²) in [7, 11) is 1.77. The highest BCUT2D eigenvalue weighted by Crippen LogP contribution is 2.15. The third-order valence-corrected chi connectivity index (χ3v) is 4.03. The lowest BCUT2D eigenvalue weighted by atomic mass is 10.1. The standard InChI is InChI=1S/C21H37N3O3/c1-4-5-14-25-17-18-26-16-13-24-21(22-3)23-12-9-15-27-19(2)20-10-7-6-8-11-20/h6-8,10-11,19H,4-5,9,12-18H2,1-3H3,(H2,22,23,24). The predicted molar refractivity (Wildman–Crippen MR) is 111 cm³/mol. The van der Waals surface area contributed by atoms with E-state index in [1.54, 1.807) is 7.05 Å². The van der Waals surface area contributed by atoms with Gasteiger partial charge in [0.2, 0.25) is 0 Å². The fourth-order valence-electron chi connectivity index (χ4n) is 2.39. The molecule has 0 spiro atoms. The minimum Gasteiger partial charge on any atom is -0.379 e. The maximum atomic E-state index is 5.87. The molecule has 0 radical (unpaired) electrons. The van der Waals surface area contributed by atoms with Gasteiger partial charge in [-0.15, -0.1) is 0 Å². The number of hydrogen-bond donors (Lipinski definition) is 2. The van der Waals surface area contributed by atoms with Gasteiger partial charge in [0.05, 0.1) is 25.9 Å². The summed E-state index contributed by atoms with van der Waals surface area (Å²) in [6.07, 6.45) is 3.31. The molecule has 0 saturated heterocycles. The second-order valence-electron chi connectivity index (χ2n) is 6.28. The van der Waals surface area contributed by atoms with Crippen molar-refractivity contribution in [2.45, 2.75) is 39.2 Å². The number of rotatable bonds is 15. The van der Waals surface area contributed by atoms with Gasteiger partial charge in [-0.3, -0.25) is 4.99 Å². The second kappa shape index (κ2) is 16.5. The SMILES string of the molecule is CCCCOCCOCCNC(=NC)NCCCOC(C)c1ccccc1. The Morgan fingerprint density at radius 1 is 0.926 bits per heavy atom. The molecule has 0 saturated carbocycles. The summed E-state index contributed by atoms with van der Waals surface area (Å²) < 4.78 is 16.9. The van der Waals surface area contributed by atoms with Gasteiger partial charge >= 0.3 is 0 Å². The smallest absolute Gasteiger partial charge is 0.191 e. The van der Waals surface area contributed by atoms with Crippen molar-refractivity contribution < 1.29 is 14.2 Å². The molecule has 1 rings (SSSR count). The number of hydrogen-bond acceptors (Lipinski definition) is 4. The van der Waals surface area contributed by atoms with Crippen LogP contribution in [0.3, 0.4) is 0 Å². The summed E-state index contributed by atoms with van der Waals surface area (Å²) in [6, 6.07) is 10.3. The molecule has 1 unspecified atom stereocenters. The van der Waals surface area contributed by atoms with Gasteiger partial charge in [0, 0.05) is 33.4 Å². The third-order valence-electron chi connectivity index (χ3n) is 4.03. The maximum Gasteiger partial charge on any atom is 0.191 e. The van der Waals surface area contributed by atoms with Crippen LogP contribution in [-0.2, 0) is 14.2 Å². The van der Waals surface area contributed by atoms with E-state index in [0.717, 1.165) is 44.9 Å². The quantitative estimate of drug-likeness (QED) is 0.278. The van der Waals surface area contributed by atoms with Crippen molar-refractivity contribution in [1.82, 2.24) is 10.6 Å². The summed E-state index contributed by atoms with van der Waals surface area (Å²) >= 11 is 0. The van der Waals surface area contributed by atoms with Gasteiger partial charge in [-0.2, -0.15) is 0 Å². The zero-order valence-electron chi connectivity index (χ0n) is 17.2. The minimum atomic E-state index is 0.117. The molecule has 6 nitrogen and oxygen atoms in total. The van der Waals surface area contributed by atoms with Crippen molar-refractivity contribution in [3.8, 4) is 0 Å². The first kappa shape index (κ1) is 23.4. The molecule has 27 heavy (non-hydrogen) atoms. The maximum absolute atomic E-state index is 5.87. The second-order valence-corrected chi connectivity index (χ2v) is 6.28. The fraction of sp³-hybridized carbons (Fsp3) is 0.667. The Hall–Kier alpha value is -1.63. The van der Waals surface area contributed by atoms with E-state index in [-0.39, 0.29) is 6.10 Å². The molecule has 0 aromatic heterocycles. The lowest BCUT2D eigenvalue weighted by molar-refractivity contribution is 0.0487. The molecule has 154 valence electrons. The number of nitrogens with zero attached hydrogens (tertiary/aromatic N) is 1. The molecule has 0 aliphatic carbocycles. The zero-order chi connectivity index (χ0) is 19.6. The average molecular weight is 380 g/mol. The van der Waals surface area contributed by atoms with Crippen molar-refractivity contribution >= 4 is 5.96 Å². The predicted octanol–water partition coefficient (Wildman–Crippen LogP) is 3.15. The normalized spacial score (nSPS) is 12.8. The van der Waals surface area contributed by atoms with Crippen molar-refractivity contribution in [2.24, 2.45) is 4.99 Å². The fourth-order valence-corrected chi connectivity index (χ4v) is 2.39. The van der Waals surface area contributed by atoms with Crippen molar-refractivity contribution in [3.63, 3.8) is 0 Å². The van der Waals surface area contributed by atoms with Gasteiger partial charge in [0.25, 0.3) is 0 Å². The highest BCUT2D eigenvalue weighted by Gasteiger charge is 2.04. The molecule has 0 aliphatic heterocycles. The summed E-state index contributed by atoms with van der Waals surface area (Å²) in [6.45, 7) is 9.23. The van der Waals surface area contributed by atoms with Crippen LogP contribution in [0.2, 0.25) is 0 Å². The van der Waals surface area contributed by atoms with E-state index in [1.165, 1.54) is 5.56 Å². The van der Waals surface area contributed by atoms with Crippen LogP contribution in [-0.4, -0.2) is 59.1 Å². The van der Waals surface area contributed by atoms with Gasteiger partial charge < -0.3 is 24.8 Å². The molecule has 0 aliphatic rings. The molecule has 0 heterocycles. The van der Waals surface area contributed by atoms with Crippen molar-refractivity contribution in [2.75, 3.05) is 53.2 Å². The number of aliphatic imine (C=N–C) groups is 1. The van der Waals surface area contributed by atoms with Crippen LogP contribution in [0.25, 0.3) is 0 Å². The number of ether oxygens (including phenoxy) is 3. The van der Waals surface area contributed by atoms with E-state index in [2.05, 4.69) is 41.6 Å². The Morgan fingerprint density at radius 3 is 2.33 bits per heavy atom. The number of benzene rings is 1. The van der Waals surface area contributed by atoms with Crippen molar-refractivity contribution in [3.05, 3.63) is 35.9 Å². The number of guanidine groups is 1. The Labute approximate surface area is 164 Å².